The largest absolute Gasteiger partial charge is 0.487 e. The van der Waals surface area contributed by atoms with Crippen LogP contribution in [0.5, 0.6) is 5.75 Å². The van der Waals surface area contributed by atoms with Crippen LogP contribution < -0.4 is 4.74 Å². The number of hydrogen-bond acceptors (Lipinski definition) is 2. The van der Waals surface area contributed by atoms with Gasteiger partial charge in [0, 0.05) is 5.39 Å². The first kappa shape index (κ1) is 14.3. The van der Waals surface area contributed by atoms with Crippen LogP contribution in [-0.4, -0.2) is 5.78 Å². The molecule has 0 radical (unpaired) electrons. The van der Waals surface area contributed by atoms with E-state index in [1.807, 2.05) is 54.6 Å². The summed E-state index contributed by atoms with van der Waals surface area (Å²) in [7, 11) is 0. The van der Waals surface area contributed by atoms with Crippen molar-refractivity contribution < 1.29 is 9.53 Å². The molecule has 3 aromatic carbocycles. The summed E-state index contributed by atoms with van der Waals surface area (Å²) < 4.78 is 6.06. The smallest absolute Gasteiger partial charge is 0.163 e. The SMILES string of the molecule is CC(=O)c1ccc2ccccc2c1OCc1ccccc1C. The summed E-state index contributed by atoms with van der Waals surface area (Å²) in [5.41, 5.74) is 2.95. The highest BCUT2D eigenvalue weighted by Crippen LogP contribution is 2.31. The molecule has 22 heavy (non-hydrogen) atoms. The van der Waals surface area contributed by atoms with E-state index in [0.29, 0.717) is 17.9 Å². The lowest BCUT2D eigenvalue weighted by Gasteiger charge is -2.14. The zero-order valence-corrected chi connectivity index (χ0v) is 12.8. The van der Waals surface area contributed by atoms with Gasteiger partial charge >= 0.3 is 0 Å². The minimum atomic E-state index is 0.0190. The first-order chi connectivity index (χ1) is 10.7. The van der Waals surface area contributed by atoms with Crippen LogP contribution in [0.15, 0.2) is 60.7 Å². The molecule has 0 fully saturated rings. The Morgan fingerprint density at radius 1 is 0.955 bits per heavy atom. The molecule has 0 saturated carbocycles. The van der Waals surface area contributed by atoms with Crippen molar-refractivity contribution in [1.82, 2.24) is 0 Å². The van der Waals surface area contributed by atoms with Crippen LogP contribution in [0.3, 0.4) is 0 Å². The van der Waals surface area contributed by atoms with Gasteiger partial charge in [0.1, 0.15) is 12.4 Å². The third kappa shape index (κ3) is 2.73. The second-order valence-electron chi connectivity index (χ2n) is 5.43. The molecular formula is C20H18O2. The summed E-state index contributed by atoms with van der Waals surface area (Å²) in [5, 5.41) is 2.05. The third-order valence-electron chi connectivity index (χ3n) is 3.89. The van der Waals surface area contributed by atoms with Gasteiger partial charge in [0.2, 0.25) is 0 Å². The third-order valence-corrected chi connectivity index (χ3v) is 3.89. The van der Waals surface area contributed by atoms with E-state index < -0.39 is 0 Å². The topological polar surface area (TPSA) is 26.3 Å². The predicted molar refractivity (Wildman–Crippen MR) is 89.5 cm³/mol. The standard InChI is InChI=1S/C20H18O2/c1-14-7-3-4-9-17(14)13-22-20-18(15(2)21)12-11-16-8-5-6-10-19(16)20/h3-12H,13H2,1-2H3. The highest BCUT2D eigenvalue weighted by Gasteiger charge is 2.13. The van der Waals surface area contributed by atoms with Crippen LogP contribution in [0.25, 0.3) is 10.8 Å². The van der Waals surface area contributed by atoms with Crippen LogP contribution in [0, 0.1) is 6.92 Å². The number of carbonyl (C=O) groups excluding carboxylic acids is 1. The van der Waals surface area contributed by atoms with Gasteiger partial charge in [-0.05, 0) is 36.4 Å². The van der Waals surface area contributed by atoms with E-state index in [2.05, 4.69) is 13.0 Å². The number of ether oxygens (including phenoxy) is 1. The van der Waals surface area contributed by atoms with E-state index in [4.69, 9.17) is 4.74 Å². The Morgan fingerprint density at radius 3 is 2.45 bits per heavy atom. The summed E-state index contributed by atoms with van der Waals surface area (Å²) in [6.07, 6.45) is 0. The Morgan fingerprint density at radius 2 is 1.68 bits per heavy atom. The Labute approximate surface area is 130 Å². The molecular weight excluding hydrogens is 272 g/mol. The molecule has 0 heterocycles. The van der Waals surface area contributed by atoms with Gasteiger partial charge in [0.15, 0.2) is 5.78 Å². The zero-order valence-electron chi connectivity index (χ0n) is 12.8. The number of carbonyl (C=O) groups is 1. The van der Waals surface area contributed by atoms with Crippen molar-refractivity contribution in [3.05, 3.63) is 77.4 Å². The van der Waals surface area contributed by atoms with Crippen molar-refractivity contribution in [1.29, 1.82) is 0 Å². The first-order valence-electron chi connectivity index (χ1n) is 7.37. The molecule has 0 amide bonds. The molecule has 0 aliphatic rings. The Bertz CT molecular complexity index is 834. The second kappa shape index (κ2) is 6.02. The molecule has 110 valence electrons. The van der Waals surface area contributed by atoms with E-state index in [1.165, 1.54) is 5.56 Å². The zero-order chi connectivity index (χ0) is 15.5. The molecule has 2 heteroatoms. The highest BCUT2D eigenvalue weighted by molar-refractivity contribution is 6.03. The molecule has 0 aliphatic heterocycles. The van der Waals surface area contributed by atoms with Gasteiger partial charge in [0.05, 0.1) is 5.56 Å². The van der Waals surface area contributed by atoms with Crippen LogP contribution in [-0.2, 0) is 6.61 Å². The molecule has 0 bridgehead atoms. The minimum Gasteiger partial charge on any atom is -0.487 e. The second-order valence-corrected chi connectivity index (χ2v) is 5.43. The fraction of sp³-hybridized carbons (Fsp3) is 0.150. The maximum absolute atomic E-state index is 11.9. The number of aryl methyl sites for hydroxylation is 1. The van der Waals surface area contributed by atoms with Gasteiger partial charge in [-0.3, -0.25) is 4.79 Å². The van der Waals surface area contributed by atoms with Crippen molar-refractivity contribution in [2.75, 3.05) is 0 Å². The molecule has 2 nitrogen and oxygen atoms in total. The molecule has 0 saturated heterocycles. The van der Waals surface area contributed by atoms with Gasteiger partial charge in [-0.1, -0.05) is 54.6 Å². The van der Waals surface area contributed by atoms with Gasteiger partial charge in [-0.2, -0.15) is 0 Å². The van der Waals surface area contributed by atoms with Crippen LogP contribution in [0.4, 0.5) is 0 Å². The number of ketones is 1. The van der Waals surface area contributed by atoms with Crippen molar-refractivity contribution in [3.8, 4) is 5.75 Å². The molecule has 0 spiro atoms. The number of hydrogen-bond donors (Lipinski definition) is 0. The monoisotopic (exact) mass is 290 g/mol. The van der Waals surface area contributed by atoms with E-state index in [-0.39, 0.29) is 5.78 Å². The number of rotatable bonds is 4. The van der Waals surface area contributed by atoms with E-state index in [0.717, 1.165) is 16.3 Å². The van der Waals surface area contributed by atoms with Crippen molar-refractivity contribution >= 4 is 16.6 Å². The fourth-order valence-corrected chi connectivity index (χ4v) is 2.60. The van der Waals surface area contributed by atoms with Gasteiger partial charge < -0.3 is 4.74 Å². The van der Waals surface area contributed by atoms with Crippen molar-refractivity contribution in [3.63, 3.8) is 0 Å². The van der Waals surface area contributed by atoms with Gasteiger partial charge in [0.25, 0.3) is 0 Å². The fourth-order valence-electron chi connectivity index (χ4n) is 2.60. The Kier molecular flexibility index (Phi) is 3.92. The summed E-state index contributed by atoms with van der Waals surface area (Å²) in [6, 6.07) is 19.9. The highest BCUT2D eigenvalue weighted by atomic mass is 16.5. The Hall–Kier alpha value is -2.61. The summed E-state index contributed by atoms with van der Waals surface area (Å²) >= 11 is 0. The summed E-state index contributed by atoms with van der Waals surface area (Å²) in [4.78, 5) is 11.9. The molecule has 0 N–H and O–H groups in total. The normalized spacial score (nSPS) is 10.6. The van der Waals surface area contributed by atoms with E-state index >= 15 is 0 Å². The lowest BCUT2D eigenvalue weighted by molar-refractivity contribution is 0.101. The van der Waals surface area contributed by atoms with Gasteiger partial charge in [-0.15, -0.1) is 0 Å². The Balaban J connectivity index is 2.03. The molecule has 3 rings (SSSR count). The van der Waals surface area contributed by atoms with Crippen LogP contribution in [0.2, 0.25) is 0 Å². The summed E-state index contributed by atoms with van der Waals surface area (Å²) in [6.45, 7) is 4.10. The first-order valence-corrected chi connectivity index (χ1v) is 7.37. The molecule has 0 unspecified atom stereocenters. The van der Waals surface area contributed by atoms with Crippen molar-refractivity contribution in [2.45, 2.75) is 20.5 Å². The molecule has 0 aliphatic carbocycles. The van der Waals surface area contributed by atoms with E-state index in [9.17, 15) is 4.79 Å². The maximum atomic E-state index is 11.9. The number of fused-ring (bicyclic) bond motifs is 1. The van der Waals surface area contributed by atoms with Crippen LogP contribution in [0.1, 0.15) is 28.4 Å². The minimum absolute atomic E-state index is 0.0190. The predicted octanol–water partition coefficient (Wildman–Crippen LogP) is 4.93. The summed E-state index contributed by atoms with van der Waals surface area (Å²) in [5.74, 6) is 0.694. The van der Waals surface area contributed by atoms with Gasteiger partial charge in [-0.25, -0.2) is 0 Å². The average Bonchev–Trinajstić information content (AvgIpc) is 2.53. The van der Waals surface area contributed by atoms with E-state index in [1.54, 1.807) is 6.92 Å². The lowest BCUT2D eigenvalue weighted by atomic mass is 10.0. The number of Topliss-reactive ketones (excluding diaryl/α,β-unsaturated/α-hetero) is 1. The lowest BCUT2D eigenvalue weighted by Crippen LogP contribution is -2.03. The average molecular weight is 290 g/mol. The molecule has 0 aromatic heterocycles. The quantitative estimate of drug-likeness (QED) is 0.637. The van der Waals surface area contributed by atoms with Crippen molar-refractivity contribution in [2.24, 2.45) is 0 Å². The molecule has 3 aromatic rings. The molecule has 0 atom stereocenters. The van der Waals surface area contributed by atoms with Crippen LogP contribution >= 0.6 is 0 Å². The maximum Gasteiger partial charge on any atom is 0.163 e. The number of benzene rings is 3.